The Hall–Kier alpha value is -3.65. The van der Waals surface area contributed by atoms with Gasteiger partial charge in [-0.2, -0.15) is 23.1 Å². The van der Waals surface area contributed by atoms with Crippen LogP contribution in [0.4, 0.5) is 33.8 Å². The van der Waals surface area contributed by atoms with Crippen LogP contribution >= 0.6 is 11.6 Å². The second-order valence-electron chi connectivity index (χ2n) is 9.08. The summed E-state index contributed by atoms with van der Waals surface area (Å²) in [7, 11) is 0. The molecule has 15 heteroatoms. The summed E-state index contributed by atoms with van der Waals surface area (Å²) in [5.41, 5.74) is 2.80. The molecule has 9 nitrogen and oxygen atoms in total. The number of fused-ring (bicyclic) bond motifs is 3. The van der Waals surface area contributed by atoms with Crippen LogP contribution in [0.15, 0.2) is 30.6 Å². The normalized spacial score (nSPS) is 18.2. The summed E-state index contributed by atoms with van der Waals surface area (Å²) in [4.78, 5) is 26.0. The highest BCUT2D eigenvalue weighted by Crippen LogP contribution is 2.41. The molecule has 0 aliphatic carbocycles. The SMILES string of the molecule is FC(F)c1nc(N2CCc3c([nH]c4ccc(Cl)cc34)[C@@H]2c2cnc(N3CCOCC3)nc2)nc(C(F)(F)F)n1. The average molecular weight is 567 g/mol. The van der Waals surface area contributed by atoms with Crippen molar-refractivity contribution in [2.24, 2.45) is 0 Å². The van der Waals surface area contributed by atoms with E-state index in [4.69, 9.17) is 16.3 Å². The molecule has 1 N–H and O–H groups in total. The van der Waals surface area contributed by atoms with Crippen molar-refractivity contribution < 1.29 is 26.7 Å². The number of aromatic nitrogens is 6. The zero-order chi connectivity index (χ0) is 27.3. The molecule has 1 saturated heterocycles. The summed E-state index contributed by atoms with van der Waals surface area (Å²) >= 11 is 6.23. The highest BCUT2D eigenvalue weighted by molar-refractivity contribution is 6.31. The molecule has 0 radical (unpaired) electrons. The van der Waals surface area contributed by atoms with Crippen LogP contribution in [0.1, 0.15) is 40.9 Å². The molecule has 0 bridgehead atoms. The third-order valence-electron chi connectivity index (χ3n) is 6.70. The standard InChI is InChI=1S/C24H20ClF5N8O/c25-13-1-2-16-15(9-13)14-3-4-38(23-35-20(19(26)27)34-21(36-23)24(28,29)30)18(17(14)33-16)12-10-31-22(32-11-12)37-5-7-39-8-6-37/h1-2,9-11,18-19,33H,3-8H2/t18-/m0/s1. The van der Waals surface area contributed by atoms with Gasteiger partial charge in [-0.3, -0.25) is 0 Å². The lowest BCUT2D eigenvalue weighted by molar-refractivity contribution is -0.145. The molecule has 1 aromatic carbocycles. The second-order valence-corrected chi connectivity index (χ2v) is 9.52. The fourth-order valence-corrected chi connectivity index (χ4v) is 5.13. The molecule has 39 heavy (non-hydrogen) atoms. The highest BCUT2D eigenvalue weighted by Gasteiger charge is 2.40. The molecule has 1 atom stereocenters. The van der Waals surface area contributed by atoms with Crippen LogP contribution in [-0.2, 0) is 17.3 Å². The van der Waals surface area contributed by atoms with Crippen LogP contribution in [0, 0.1) is 0 Å². The molecule has 4 aromatic rings. The topological polar surface area (TPSA) is 96.0 Å². The first kappa shape index (κ1) is 25.6. The Morgan fingerprint density at radius 3 is 2.44 bits per heavy atom. The first-order valence-electron chi connectivity index (χ1n) is 12.0. The number of benzene rings is 1. The van der Waals surface area contributed by atoms with Gasteiger partial charge in [0.15, 0.2) is 0 Å². The summed E-state index contributed by atoms with van der Waals surface area (Å²) in [6.45, 7) is 2.44. The first-order valence-corrected chi connectivity index (χ1v) is 12.4. The van der Waals surface area contributed by atoms with Gasteiger partial charge in [0.1, 0.15) is 6.04 Å². The Morgan fingerprint density at radius 1 is 1.00 bits per heavy atom. The molecule has 6 rings (SSSR count). The fourth-order valence-electron chi connectivity index (χ4n) is 4.96. The quantitative estimate of drug-likeness (QED) is 0.354. The van der Waals surface area contributed by atoms with Crippen molar-refractivity contribution in [3.05, 3.63) is 64.1 Å². The van der Waals surface area contributed by atoms with Gasteiger partial charge in [-0.05, 0) is 30.2 Å². The molecule has 0 amide bonds. The van der Waals surface area contributed by atoms with Gasteiger partial charge in [0, 0.05) is 59.2 Å². The number of hydrogen-bond acceptors (Lipinski definition) is 8. The third-order valence-corrected chi connectivity index (χ3v) is 6.94. The number of hydrogen-bond donors (Lipinski definition) is 1. The molecular formula is C24H20ClF5N8O. The summed E-state index contributed by atoms with van der Waals surface area (Å²) in [5.74, 6) is -2.97. The zero-order valence-corrected chi connectivity index (χ0v) is 20.8. The van der Waals surface area contributed by atoms with Crippen molar-refractivity contribution in [3.8, 4) is 0 Å². The molecule has 1 fully saturated rings. The minimum atomic E-state index is -5.04. The summed E-state index contributed by atoms with van der Waals surface area (Å²) in [6, 6.07) is 4.52. The number of halogens is 6. The van der Waals surface area contributed by atoms with Gasteiger partial charge in [-0.1, -0.05) is 11.6 Å². The van der Waals surface area contributed by atoms with E-state index in [2.05, 4.69) is 29.9 Å². The van der Waals surface area contributed by atoms with E-state index in [-0.39, 0.29) is 6.54 Å². The smallest absolute Gasteiger partial charge is 0.378 e. The lowest BCUT2D eigenvalue weighted by Gasteiger charge is -2.36. The van der Waals surface area contributed by atoms with Crippen LogP contribution < -0.4 is 9.80 Å². The Balaban J connectivity index is 1.49. The monoisotopic (exact) mass is 566 g/mol. The van der Waals surface area contributed by atoms with Crippen molar-refractivity contribution in [2.75, 3.05) is 42.6 Å². The van der Waals surface area contributed by atoms with Gasteiger partial charge in [0.05, 0.1) is 13.2 Å². The number of ether oxygens (including phenoxy) is 1. The van der Waals surface area contributed by atoms with Crippen molar-refractivity contribution in [1.82, 2.24) is 29.9 Å². The number of alkyl halides is 5. The van der Waals surface area contributed by atoms with Crippen molar-refractivity contribution in [2.45, 2.75) is 25.1 Å². The van der Waals surface area contributed by atoms with Gasteiger partial charge in [-0.15, -0.1) is 0 Å². The molecule has 3 aromatic heterocycles. The maximum Gasteiger partial charge on any atom is 0.451 e. The average Bonchev–Trinajstić information content (AvgIpc) is 3.30. The van der Waals surface area contributed by atoms with E-state index in [9.17, 15) is 22.0 Å². The lowest BCUT2D eigenvalue weighted by Crippen LogP contribution is -2.39. The molecule has 204 valence electrons. The molecular weight excluding hydrogens is 547 g/mol. The first-order chi connectivity index (χ1) is 18.7. The van der Waals surface area contributed by atoms with E-state index >= 15 is 0 Å². The molecule has 2 aliphatic heterocycles. The van der Waals surface area contributed by atoms with Crippen LogP contribution in [0.25, 0.3) is 10.9 Å². The Bertz CT molecular complexity index is 1510. The number of nitrogens with zero attached hydrogens (tertiary/aromatic N) is 7. The van der Waals surface area contributed by atoms with Gasteiger partial charge < -0.3 is 19.5 Å². The maximum atomic E-state index is 13.6. The van der Waals surface area contributed by atoms with Gasteiger partial charge in [0.25, 0.3) is 6.43 Å². The van der Waals surface area contributed by atoms with E-state index in [0.29, 0.717) is 55.0 Å². The van der Waals surface area contributed by atoms with Gasteiger partial charge >= 0.3 is 6.18 Å². The Morgan fingerprint density at radius 2 is 1.74 bits per heavy atom. The van der Waals surface area contributed by atoms with Crippen LogP contribution in [0.3, 0.4) is 0 Å². The fraction of sp³-hybridized carbons (Fsp3) is 0.375. The van der Waals surface area contributed by atoms with Crippen LogP contribution in [0.2, 0.25) is 5.02 Å². The summed E-state index contributed by atoms with van der Waals surface area (Å²) in [6.07, 6.45) is -4.85. The van der Waals surface area contributed by atoms with Crippen molar-refractivity contribution >= 4 is 34.4 Å². The van der Waals surface area contributed by atoms with Crippen molar-refractivity contribution in [3.63, 3.8) is 0 Å². The summed E-state index contributed by atoms with van der Waals surface area (Å²) in [5, 5.41) is 1.38. The minimum absolute atomic E-state index is 0.131. The molecule has 0 unspecified atom stereocenters. The maximum absolute atomic E-state index is 13.6. The van der Waals surface area contributed by atoms with E-state index in [1.165, 1.54) is 4.90 Å². The molecule has 2 aliphatic rings. The summed E-state index contributed by atoms with van der Waals surface area (Å²) < 4.78 is 73.2. The number of nitrogens with one attached hydrogen (secondary N) is 1. The number of aromatic amines is 1. The van der Waals surface area contributed by atoms with E-state index in [0.717, 1.165) is 16.5 Å². The Labute approximate surface area is 223 Å². The minimum Gasteiger partial charge on any atom is -0.378 e. The highest BCUT2D eigenvalue weighted by atomic mass is 35.5. The predicted octanol–water partition coefficient (Wildman–Crippen LogP) is 4.74. The van der Waals surface area contributed by atoms with Gasteiger partial charge in [0.2, 0.25) is 23.5 Å². The number of anilines is 2. The molecule has 0 saturated carbocycles. The third kappa shape index (κ3) is 4.82. The lowest BCUT2D eigenvalue weighted by atomic mass is 9.94. The van der Waals surface area contributed by atoms with E-state index in [1.807, 2.05) is 4.90 Å². The van der Waals surface area contributed by atoms with Crippen LogP contribution in [0.5, 0.6) is 0 Å². The molecule has 5 heterocycles. The number of morpholine rings is 1. The van der Waals surface area contributed by atoms with E-state index < -0.39 is 36.2 Å². The van der Waals surface area contributed by atoms with Crippen molar-refractivity contribution in [1.29, 1.82) is 0 Å². The molecule has 0 spiro atoms. The second kappa shape index (κ2) is 9.83. The van der Waals surface area contributed by atoms with Crippen LogP contribution in [-0.4, -0.2) is 62.8 Å². The van der Waals surface area contributed by atoms with Gasteiger partial charge in [-0.25, -0.2) is 23.7 Å². The van der Waals surface area contributed by atoms with E-state index in [1.54, 1.807) is 30.6 Å². The predicted molar refractivity (Wildman–Crippen MR) is 131 cm³/mol. The zero-order valence-electron chi connectivity index (χ0n) is 20.1. The number of H-pyrrole nitrogens is 1. The Kier molecular flexibility index (Phi) is 6.46. The number of rotatable bonds is 4. The largest absolute Gasteiger partial charge is 0.451 e.